The lowest BCUT2D eigenvalue weighted by molar-refractivity contribution is -0.137. The van der Waals surface area contributed by atoms with Crippen molar-refractivity contribution >= 4 is 29.1 Å². The highest BCUT2D eigenvalue weighted by Crippen LogP contribution is 2.35. The van der Waals surface area contributed by atoms with E-state index in [1.54, 1.807) is 31.3 Å². The fraction of sp³-hybridized carbons (Fsp3) is 0.400. The summed E-state index contributed by atoms with van der Waals surface area (Å²) < 4.78 is 45.1. The number of carbonyl (C=O) groups is 3. The summed E-state index contributed by atoms with van der Waals surface area (Å²) in [5, 5.41) is 8.40. The van der Waals surface area contributed by atoms with Crippen molar-refractivity contribution in [2.45, 2.75) is 31.1 Å². The minimum atomic E-state index is -4.48. The third-order valence-corrected chi connectivity index (χ3v) is 6.45. The summed E-state index contributed by atoms with van der Waals surface area (Å²) >= 11 is 0. The summed E-state index contributed by atoms with van der Waals surface area (Å²) in [5.41, 5.74) is -0.849. The number of nitrogens with one attached hydrogen (secondary N) is 3. The van der Waals surface area contributed by atoms with Crippen LogP contribution in [0.5, 0.6) is 0 Å². The smallest absolute Gasteiger partial charge is 0.378 e. The Balaban J connectivity index is 1.36. The number of rotatable bonds is 7. The van der Waals surface area contributed by atoms with Crippen LogP contribution in [-0.2, 0) is 31.8 Å². The topological polar surface area (TPSA) is 99.8 Å². The van der Waals surface area contributed by atoms with Crippen molar-refractivity contribution in [3.8, 4) is 0 Å². The van der Waals surface area contributed by atoms with Gasteiger partial charge in [0.2, 0.25) is 17.7 Å². The van der Waals surface area contributed by atoms with E-state index in [0.717, 1.165) is 11.6 Å². The molecule has 2 heterocycles. The number of halogens is 3. The number of carbonyl (C=O) groups excluding carboxylic acids is 3. The summed E-state index contributed by atoms with van der Waals surface area (Å²) in [6, 6.07) is 11.8. The van der Waals surface area contributed by atoms with Gasteiger partial charge in [0.1, 0.15) is 5.54 Å². The summed E-state index contributed by atoms with van der Waals surface area (Å²) in [4.78, 5) is 39.1. The average Bonchev–Trinajstić information content (AvgIpc) is 3.45. The SMILES string of the molecule is CN1C[C@@H](C(=O)NC2(C(=O)NCc3ccc(Nc4ccccc4C(F)(F)F)cc3)CCOC2)CC1=O. The van der Waals surface area contributed by atoms with E-state index < -0.39 is 29.1 Å². The number of amides is 3. The number of alkyl halides is 3. The second-order valence-electron chi connectivity index (χ2n) is 9.10. The fourth-order valence-corrected chi connectivity index (χ4v) is 4.33. The molecule has 2 aliphatic rings. The quantitative estimate of drug-likeness (QED) is 0.539. The number of ether oxygens (including phenoxy) is 1. The second-order valence-corrected chi connectivity index (χ2v) is 9.10. The number of hydrogen-bond acceptors (Lipinski definition) is 5. The van der Waals surface area contributed by atoms with Crippen LogP contribution in [0, 0.1) is 5.92 Å². The van der Waals surface area contributed by atoms with Gasteiger partial charge in [0.05, 0.1) is 23.8 Å². The molecule has 0 radical (unpaired) electrons. The Bertz CT molecular complexity index is 1130. The molecule has 2 aliphatic heterocycles. The average molecular weight is 505 g/mol. The molecule has 2 fully saturated rings. The molecule has 8 nitrogen and oxygen atoms in total. The van der Waals surface area contributed by atoms with Crippen LogP contribution >= 0.6 is 0 Å². The van der Waals surface area contributed by atoms with Crippen LogP contribution in [0.2, 0.25) is 0 Å². The van der Waals surface area contributed by atoms with Crippen LogP contribution in [0.15, 0.2) is 48.5 Å². The van der Waals surface area contributed by atoms with E-state index in [0.29, 0.717) is 25.3 Å². The number of anilines is 2. The molecule has 0 aliphatic carbocycles. The molecule has 0 aromatic heterocycles. The summed E-state index contributed by atoms with van der Waals surface area (Å²) in [5.74, 6) is -1.39. The van der Waals surface area contributed by atoms with Crippen molar-refractivity contribution in [1.82, 2.24) is 15.5 Å². The molecule has 2 aromatic carbocycles. The molecular weight excluding hydrogens is 477 g/mol. The fourth-order valence-electron chi connectivity index (χ4n) is 4.33. The first-order valence-electron chi connectivity index (χ1n) is 11.5. The summed E-state index contributed by atoms with van der Waals surface area (Å²) in [6.07, 6.45) is -4.07. The van der Waals surface area contributed by atoms with E-state index in [4.69, 9.17) is 4.74 Å². The molecule has 1 unspecified atom stereocenters. The van der Waals surface area contributed by atoms with E-state index >= 15 is 0 Å². The highest BCUT2D eigenvalue weighted by molar-refractivity contribution is 5.95. The molecule has 2 atom stereocenters. The molecule has 0 saturated carbocycles. The molecular formula is C25H27F3N4O4. The number of likely N-dealkylation sites (tertiary alicyclic amines) is 1. The maximum atomic E-state index is 13.2. The van der Waals surface area contributed by atoms with Gasteiger partial charge in [0.15, 0.2) is 0 Å². The molecule has 192 valence electrons. The molecule has 3 amide bonds. The van der Waals surface area contributed by atoms with Crippen LogP contribution in [0.3, 0.4) is 0 Å². The third-order valence-electron chi connectivity index (χ3n) is 6.45. The number of para-hydroxylation sites is 1. The molecule has 0 spiro atoms. The molecule has 2 aromatic rings. The van der Waals surface area contributed by atoms with Crippen LogP contribution in [0.4, 0.5) is 24.5 Å². The molecule has 36 heavy (non-hydrogen) atoms. The van der Waals surface area contributed by atoms with Crippen molar-refractivity contribution in [3.63, 3.8) is 0 Å². The maximum absolute atomic E-state index is 13.2. The molecule has 11 heteroatoms. The first-order chi connectivity index (χ1) is 17.1. The lowest BCUT2D eigenvalue weighted by atomic mass is 9.95. The van der Waals surface area contributed by atoms with E-state index in [1.165, 1.54) is 23.1 Å². The second kappa shape index (κ2) is 10.2. The lowest BCUT2D eigenvalue weighted by Gasteiger charge is -2.28. The van der Waals surface area contributed by atoms with E-state index in [2.05, 4.69) is 16.0 Å². The minimum Gasteiger partial charge on any atom is -0.378 e. The van der Waals surface area contributed by atoms with Gasteiger partial charge < -0.3 is 25.6 Å². The van der Waals surface area contributed by atoms with Gasteiger partial charge in [-0.3, -0.25) is 14.4 Å². The van der Waals surface area contributed by atoms with Gasteiger partial charge in [-0.1, -0.05) is 24.3 Å². The zero-order valence-corrected chi connectivity index (χ0v) is 19.7. The zero-order valence-electron chi connectivity index (χ0n) is 19.7. The number of benzene rings is 2. The van der Waals surface area contributed by atoms with Gasteiger partial charge in [0.25, 0.3) is 0 Å². The monoisotopic (exact) mass is 504 g/mol. The Hall–Kier alpha value is -3.60. The van der Waals surface area contributed by atoms with Gasteiger partial charge in [-0.05, 0) is 29.8 Å². The van der Waals surface area contributed by atoms with Crippen molar-refractivity contribution in [1.29, 1.82) is 0 Å². The van der Waals surface area contributed by atoms with Gasteiger partial charge >= 0.3 is 6.18 Å². The standard InChI is InChI=1S/C25H27F3N4O4/c1-32-14-17(12-21(32)33)22(34)31-24(10-11-36-15-24)23(35)29-13-16-6-8-18(9-7-16)30-20-5-3-2-4-19(20)25(26,27)28/h2-9,17,30H,10-15H2,1H3,(H,29,35)(H,31,34)/t17-,24?/m0/s1. The summed E-state index contributed by atoms with van der Waals surface area (Å²) in [6.45, 7) is 0.803. The Labute approximate surface area is 206 Å². The van der Waals surface area contributed by atoms with Crippen molar-refractivity contribution < 1.29 is 32.3 Å². The number of nitrogens with zero attached hydrogens (tertiary/aromatic N) is 1. The van der Waals surface area contributed by atoms with E-state index in [1.807, 2.05) is 0 Å². The Morgan fingerprint density at radius 3 is 2.47 bits per heavy atom. The van der Waals surface area contributed by atoms with E-state index in [-0.39, 0.29) is 37.1 Å². The maximum Gasteiger partial charge on any atom is 0.418 e. The normalized spacial score (nSPS) is 21.9. The molecule has 3 N–H and O–H groups in total. The summed E-state index contributed by atoms with van der Waals surface area (Å²) in [7, 11) is 1.63. The van der Waals surface area contributed by atoms with Crippen molar-refractivity contribution in [2.75, 3.05) is 32.1 Å². The number of hydrogen-bond donors (Lipinski definition) is 3. The van der Waals surface area contributed by atoms with Gasteiger partial charge in [-0.2, -0.15) is 13.2 Å². The Morgan fingerprint density at radius 2 is 1.86 bits per heavy atom. The minimum absolute atomic E-state index is 0.0303. The van der Waals surface area contributed by atoms with Crippen molar-refractivity contribution in [3.05, 3.63) is 59.7 Å². The van der Waals surface area contributed by atoms with Crippen LogP contribution in [-0.4, -0.2) is 55.0 Å². The lowest BCUT2D eigenvalue weighted by Crippen LogP contribution is -2.60. The first-order valence-corrected chi connectivity index (χ1v) is 11.5. The van der Waals surface area contributed by atoms with Crippen LogP contribution in [0.25, 0.3) is 0 Å². The Kier molecular flexibility index (Phi) is 7.21. The highest BCUT2D eigenvalue weighted by atomic mass is 19.4. The Morgan fingerprint density at radius 1 is 1.14 bits per heavy atom. The van der Waals surface area contributed by atoms with E-state index in [9.17, 15) is 27.6 Å². The van der Waals surface area contributed by atoms with Crippen LogP contribution in [0.1, 0.15) is 24.0 Å². The van der Waals surface area contributed by atoms with Crippen molar-refractivity contribution in [2.24, 2.45) is 5.92 Å². The van der Waals surface area contributed by atoms with Gasteiger partial charge in [-0.15, -0.1) is 0 Å². The molecule has 4 rings (SSSR count). The highest BCUT2D eigenvalue weighted by Gasteiger charge is 2.45. The van der Waals surface area contributed by atoms with Crippen LogP contribution < -0.4 is 16.0 Å². The third kappa shape index (κ3) is 5.62. The predicted molar refractivity (Wildman–Crippen MR) is 125 cm³/mol. The zero-order chi connectivity index (χ0) is 25.9. The first kappa shape index (κ1) is 25.5. The molecule has 0 bridgehead atoms. The molecule has 2 saturated heterocycles. The van der Waals surface area contributed by atoms with Gasteiger partial charge in [-0.25, -0.2) is 0 Å². The predicted octanol–water partition coefficient (Wildman–Crippen LogP) is 2.82. The largest absolute Gasteiger partial charge is 0.418 e. The van der Waals surface area contributed by atoms with Gasteiger partial charge in [0, 0.05) is 45.3 Å².